The van der Waals surface area contributed by atoms with E-state index < -0.39 is 5.97 Å². The highest BCUT2D eigenvalue weighted by molar-refractivity contribution is 5.96. The second kappa shape index (κ2) is 9.41. The molecule has 204 valence electrons. The summed E-state index contributed by atoms with van der Waals surface area (Å²) >= 11 is 0. The van der Waals surface area contributed by atoms with Gasteiger partial charge in [0.05, 0.1) is 17.9 Å². The maximum atomic E-state index is 13.5. The molecule has 1 aromatic carbocycles. The molecule has 0 saturated carbocycles. The van der Waals surface area contributed by atoms with Gasteiger partial charge in [-0.3, -0.25) is 19.9 Å². The number of anilines is 1. The standard InChI is InChI=1S/C30H31N7O3/c1-2-40-28(39)18-14-21-20(8-5-9-22(21)32-16-18)24-23-26(36-35-24)33-29(34-27(23)38)37-12-10-30(11-13-37)15-17-6-3-4-7-19(17)25(30)31/h3-4,6-8,14,16,25H,2,5,9-13,15,31H2,1H3,(H2,33,34,35,36,38)/t25-/m1/s1. The van der Waals surface area contributed by atoms with Gasteiger partial charge in [0.15, 0.2) is 5.65 Å². The van der Waals surface area contributed by atoms with Crippen LogP contribution in [0.5, 0.6) is 0 Å². The molecule has 4 heterocycles. The number of aromatic nitrogens is 5. The summed E-state index contributed by atoms with van der Waals surface area (Å²) in [5, 5.41) is 7.86. The van der Waals surface area contributed by atoms with Crippen molar-refractivity contribution in [3.05, 3.63) is 86.6 Å². The number of aromatic amines is 2. The van der Waals surface area contributed by atoms with E-state index in [1.165, 1.54) is 11.1 Å². The Balaban J connectivity index is 1.17. The third-order valence-electron chi connectivity index (χ3n) is 8.83. The van der Waals surface area contributed by atoms with E-state index in [1.54, 1.807) is 19.2 Å². The minimum Gasteiger partial charge on any atom is -0.462 e. The molecule has 40 heavy (non-hydrogen) atoms. The molecule has 4 N–H and O–H groups in total. The Morgan fingerprint density at radius 1 is 1.25 bits per heavy atom. The number of nitrogens with two attached hydrogens (primary N) is 1. The molecular formula is C30H31N7O3. The highest BCUT2D eigenvalue weighted by atomic mass is 16.5. The van der Waals surface area contributed by atoms with Crippen molar-refractivity contribution < 1.29 is 9.53 Å². The maximum Gasteiger partial charge on any atom is 0.339 e. The van der Waals surface area contributed by atoms with Crippen molar-refractivity contribution in [1.82, 2.24) is 25.1 Å². The van der Waals surface area contributed by atoms with Crippen LogP contribution in [0.1, 0.15) is 70.7 Å². The molecule has 1 spiro atoms. The van der Waals surface area contributed by atoms with Crippen molar-refractivity contribution in [2.45, 2.75) is 45.1 Å². The minimum absolute atomic E-state index is 0.0275. The molecule has 1 aliphatic heterocycles. The van der Waals surface area contributed by atoms with E-state index in [-0.39, 0.29) is 23.6 Å². The van der Waals surface area contributed by atoms with Gasteiger partial charge in [-0.25, -0.2) is 4.79 Å². The second-order valence-corrected chi connectivity index (χ2v) is 11.0. The minimum atomic E-state index is -0.424. The fourth-order valence-corrected chi connectivity index (χ4v) is 6.69. The molecule has 10 nitrogen and oxygen atoms in total. The average Bonchev–Trinajstić information content (AvgIpc) is 3.52. The van der Waals surface area contributed by atoms with E-state index in [2.05, 4.69) is 49.3 Å². The Morgan fingerprint density at radius 3 is 2.88 bits per heavy atom. The van der Waals surface area contributed by atoms with Crippen LogP contribution < -0.4 is 16.2 Å². The van der Waals surface area contributed by atoms with Gasteiger partial charge in [-0.1, -0.05) is 30.3 Å². The number of nitrogens with one attached hydrogen (secondary N) is 2. The van der Waals surface area contributed by atoms with E-state index in [4.69, 9.17) is 15.5 Å². The number of nitrogens with zero attached hydrogens (tertiary/aromatic N) is 4. The van der Waals surface area contributed by atoms with Gasteiger partial charge in [0.2, 0.25) is 5.95 Å². The molecule has 1 saturated heterocycles. The number of rotatable bonds is 4. The molecule has 1 fully saturated rings. The maximum absolute atomic E-state index is 13.5. The summed E-state index contributed by atoms with van der Waals surface area (Å²) in [5.41, 5.74) is 12.9. The van der Waals surface area contributed by atoms with Gasteiger partial charge in [-0.15, -0.1) is 0 Å². The number of H-pyrrole nitrogens is 2. The fraction of sp³-hybridized carbons (Fsp3) is 0.367. The molecule has 0 radical (unpaired) electrons. The largest absolute Gasteiger partial charge is 0.462 e. The highest BCUT2D eigenvalue weighted by Gasteiger charge is 2.46. The number of ether oxygens (including phenoxy) is 1. The average molecular weight is 538 g/mol. The van der Waals surface area contributed by atoms with Gasteiger partial charge >= 0.3 is 5.97 Å². The summed E-state index contributed by atoms with van der Waals surface area (Å²) in [5.74, 6) is 0.103. The first-order valence-electron chi connectivity index (χ1n) is 13.9. The first-order valence-corrected chi connectivity index (χ1v) is 13.9. The molecule has 3 aromatic heterocycles. The van der Waals surface area contributed by atoms with Crippen LogP contribution in [-0.4, -0.2) is 50.8 Å². The van der Waals surface area contributed by atoms with Crippen LogP contribution in [0.25, 0.3) is 16.6 Å². The summed E-state index contributed by atoms with van der Waals surface area (Å²) in [6, 6.07) is 10.3. The van der Waals surface area contributed by atoms with Crippen molar-refractivity contribution in [2.24, 2.45) is 11.1 Å². The Hall–Kier alpha value is -4.31. The lowest BCUT2D eigenvalue weighted by atomic mass is 9.73. The van der Waals surface area contributed by atoms with E-state index in [9.17, 15) is 9.59 Å². The quantitative estimate of drug-likeness (QED) is 0.336. The molecule has 0 bridgehead atoms. The summed E-state index contributed by atoms with van der Waals surface area (Å²) < 4.78 is 5.16. The molecule has 0 amide bonds. The van der Waals surface area contributed by atoms with Crippen LogP contribution in [0, 0.1) is 5.41 Å². The predicted molar refractivity (Wildman–Crippen MR) is 151 cm³/mol. The number of hydrogen-bond donors (Lipinski definition) is 3. The van der Waals surface area contributed by atoms with Gasteiger partial charge in [-0.05, 0) is 61.6 Å². The summed E-state index contributed by atoms with van der Waals surface area (Å²) in [6.45, 7) is 3.57. The van der Waals surface area contributed by atoms with Crippen molar-refractivity contribution in [3.8, 4) is 0 Å². The predicted octanol–water partition coefficient (Wildman–Crippen LogP) is 3.44. The van der Waals surface area contributed by atoms with E-state index >= 15 is 0 Å². The molecule has 4 aromatic rings. The monoisotopic (exact) mass is 537 g/mol. The zero-order valence-corrected chi connectivity index (χ0v) is 22.4. The number of esters is 1. The fourth-order valence-electron chi connectivity index (χ4n) is 6.69. The number of piperidine rings is 1. The number of fused-ring (bicyclic) bond motifs is 3. The van der Waals surface area contributed by atoms with Gasteiger partial charge in [0.25, 0.3) is 5.56 Å². The van der Waals surface area contributed by atoms with Crippen LogP contribution in [0.15, 0.2) is 47.4 Å². The van der Waals surface area contributed by atoms with Crippen LogP contribution in [0.4, 0.5) is 5.95 Å². The van der Waals surface area contributed by atoms with Gasteiger partial charge in [-0.2, -0.15) is 10.1 Å². The molecule has 3 aliphatic rings. The summed E-state index contributed by atoms with van der Waals surface area (Å²) in [4.78, 5) is 40.2. The zero-order valence-electron chi connectivity index (χ0n) is 22.4. The molecule has 1 atom stereocenters. The highest BCUT2D eigenvalue weighted by Crippen LogP contribution is 2.50. The third-order valence-corrected chi connectivity index (χ3v) is 8.83. The van der Waals surface area contributed by atoms with Crippen molar-refractivity contribution in [1.29, 1.82) is 0 Å². The molecular weight excluding hydrogens is 506 g/mol. The summed E-state index contributed by atoms with van der Waals surface area (Å²) in [7, 11) is 0. The number of carbonyl (C=O) groups is 1. The first-order chi connectivity index (χ1) is 19.5. The van der Waals surface area contributed by atoms with Crippen molar-refractivity contribution >= 4 is 28.5 Å². The number of pyridine rings is 1. The Kier molecular flexibility index (Phi) is 5.81. The Labute approximate surface area is 230 Å². The van der Waals surface area contributed by atoms with Gasteiger partial charge in [0.1, 0.15) is 5.39 Å². The summed E-state index contributed by atoms with van der Waals surface area (Å²) in [6.07, 6.45) is 7.95. The zero-order chi connectivity index (χ0) is 27.4. The molecule has 7 rings (SSSR count). The van der Waals surface area contributed by atoms with Crippen LogP contribution in [-0.2, 0) is 17.6 Å². The molecule has 10 heteroatoms. The molecule has 0 unspecified atom stereocenters. The van der Waals surface area contributed by atoms with Crippen molar-refractivity contribution in [2.75, 3.05) is 24.6 Å². The SMILES string of the molecule is CCOC(=O)c1cnc2c(c1)C(c1[nH]nc3nc(N4CCC5(CC4)Cc4ccccc4[C@H]5N)[nH]c(=O)c13)=CCC2. The van der Waals surface area contributed by atoms with Crippen LogP contribution in [0.2, 0.25) is 0 Å². The van der Waals surface area contributed by atoms with Crippen LogP contribution in [0.3, 0.4) is 0 Å². The lowest BCUT2D eigenvalue weighted by Crippen LogP contribution is -2.45. The lowest BCUT2D eigenvalue weighted by molar-refractivity contribution is 0.0526. The lowest BCUT2D eigenvalue weighted by Gasteiger charge is -2.42. The number of aryl methyl sites for hydroxylation is 1. The van der Waals surface area contributed by atoms with E-state index in [1.807, 2.05) is 6.08 Å². The van der Waals surface area contributed by atoms with Crippen molar-refractivity contribution in [3.63, 3.8) is 0 Å². The topological polar surface area (TPSA) is 143 Å². The van der Waals surface area contributed by atoms with Gasteiger partial charge < -0.3 is 15.4 Å². The first kappa shape index (κ1) is 24.7. The van der Waals surface area contributed by atoms with Crippen LogP contribution >= 0.6 is 0 Å². The third kappa shape index (κ3) is 3.85. The number of benzene rings is 1. The normalized spacial score (nSPS) is 19.4. The Morgan fingerprint density at radius 2 is 2.08 bits per heavy atom. The number of allylic oxidation sites excluding steroid dienone is 1. The Bertz CT molecular complexity index is 1730. The smallest absolute Gasteiger partial charge is 0.339 e. The van der Waals surface area contributed by atoms with Gasteiger partial charge in [0, 0.05) is 42.2 Å². The van der Waals surface area contributed by atoms with E-state index in [0.717, 1.165) is 62.0 Å². The number of hydrogen-bond acceptors (Lipinski definition) is 8. The number of carbonyl (C=O) groups excluding carboxylic acids is 1. The van der Waals surface area contributed by atoms with E-state index in [0.29, 0.717) is 28.2 Å². The molecule has 2 aliphatic carbocycles. The second-order valence-electron chi connectivity index (χ2n) is 11.0.